The van der Waals surface area contributed by atoms with E-state index in [9.17, 15) is 0 Å². The first-order valence-electron chi connectivity index (χ1n) is 6.84. The van der Waals surface area contributed by atoms with Gasteiger partial charge in [0.1, 0.15) is 5.82 Å². The van der Waals surface area contributed by atoms with Crippen LogP contribution in [0.4, 0.5) is 0 Å². The molecule has 0 bridgehead atoms. The van der Waals surface area contributed by atoms with E-state index in [1.54, 1.807) is 0 Å². The zero-order chi connectivity index (χ0) is 13.1. The van der Waals surface area contributed by atoms with Gasteiger partial charge in [0.2, 0.25) is 0 Å². The molecule has 0 aliphatic carbocycles. The molecule has 0 spiro atoms. The monoisotopic (exact) mass is 248 g/mol. The number of nitrogens with zero attached hydrogens (tertiary/aromatic N) is 3. The number of nitrogens with two attached hydrogens (primary N) is 1. The SMILES string of the molecule is Cc1cc(C2CCN(C)C2)nc(C(C)CCN)n1. The maximum absolute atomic E-state index is 5.62. The summed E-state index contributed by atoms with van der Waals surface area (Å²) in [6.45, 7) is 7.19. The van der Waals surface area contributed by atoms with E-state index >= 15 is 0 Å². The molecule has 18 heavy (non-hydrogen) atoms. The molecule has 2 rings (SSSR count). The summed E-state index contributed by atoms with van der Waals surface area (Å²) >= 11 is 0. The van der Waals surface area contributed by atoms with Gasteiger partial charge >= 0.3 is 0 Å². The average molecular weight is 248 g/mol. The van der Waals surface area contributed by atoms with E-state index in [0.717, 1.165) is 24.5 Å². The maximum atomic E-state index is 5.62. The molecule has 1 aromatic rings. The van der Waals surface area contributed by atoms with Gasteiger partial charge in [0.15, 0.2) is 0 Å². The summed E-state index contributed by atoms with van der Waals surface area (Å²) in [7, 11) is 2.17. The lowest BCUT2D eigenvalue weighted by Gasteiger charge is -2.15. The van der Waals surface area contributed by atoms with Gasteiger partial charge in [0, 0.05) is 29.8 Å². The second kappa shape index (κ2) is 5.76. The van der Waals surface area contributed by atoms with Gasteiger partial charge in [-0.05, 0) is 46.0 Å². The first kappa shape index (κ1) is 13.4. The van der Waals surface area contributed by atoms with Crippen molar-refractivity contribution in [1.29, 1.82) is 0 Å². The van der Waals surface area contributed by atoms with E-state index in [1.807, 2.05) is 0 Å². The Kier molecular flexibility index (Phi) is 4.30. The van der Waals surface area contributed by atoms with Gasteiger partial charge in [0.25, 0.3) is 0 Å². The second-order valence-electron chi connectivity index (χ2n) is 5.52. The van der Waals surface area contributed by atoms with Gasteiger partial charge < -0.3 is 10.6 Å². The van der Waals surface area contributed by atoms with Crippen LogP contribution in [0.5, 0.6) is 0 Å². The molecule has 1 saturated heterocycles. The van der Waals surface area contributed by atoms with E-state index in [1.165, 1.54) is 18.7 Å². The fourth-order valence-electron chi connectivity index (χ4n) is 2.60. The van der Waals surface area contributed by atoms with Crippen LogP contribution in [0.3, 0.4) is 0 Å². The molecule has 0 aromatic carbocycles. The molecule has 2 N–H and O–H groups in total. The van der Waals surface area contributed by atoms with E-state index in [0.29, 0.717) is 18.4 Å². The smallest absolute Gasteiger partial charge is 0.131 e. The van der Waals surface area contributed by atoms with Crippen molar-refractivity contribution in [2.45, 2.75) is 38.5 Å². The highest BCUT2D eigenvalue weighted by atomic mass is 15.1. The van der Waals surface area contributed by atoms with Crippen LogP contribution in [0, 0.1) is 6.92 Å². The fourth-order valence-corrected chi connectivity index (χ4v) is 2.60. The summed E-state index contributed by atoms with van der Waals surface area (Å²) in [4.78, 5) is 11.7. The van der Waals surface area contributed by atoms with Gasteiger partial charge in [-0.1, -0.05) is 6.92 Å². The molecule has 1 aromatic heterocycles. The third kappa shape index (κ3) is 3.06. The molecule has 4 nitrogen and oxygen atoms in total. The predicted octanol–water partition coefficient (Wildman–Crippen LogP) is 1.66. The van der Waals surface area contributed by atoms with Gasteiger partial charge in [-0.25, -0.2) is 9.97 Å². The number of likely N-dealkylation sites (N-methyl/N-ethyl adjacent to an activating group) is 1. The van der Waals surface area contributed by atoms with E-state index in [2.05, 4.69) is 36.8 Å². The summed E-state index contributed by atoms with van der Waals surface area (Å²) in [6.07, 6.45) is 2.16. The van der Waals surface area contributed by atoms with Crippen LogP contribution in [0.2, 0.25) is 0 Å². The van der Waals surface area contributed by atoms with Crippen molar-refractivity contribution >= 4 is 0 Å². The number of aromatic nitrogens is 2. The number of hydrogen-bond donors (Lipinski definition) is 1. The van der Waals surface area contributed by atoms with Crippen LogP contribution in [0.15, 0.2) is 6.07 Å². The minimum atomic E-state index is 0.354. The number of aryl methyl sites for hydroxylation is 1. The molecule has 0 radical (unpaired) electrons. The van der Waals surface area contributed by atoms with Crippen molar-refractivity contribution in [3.63, 3.8) is 0 Å². The number of likely N-dealkylation sites (tertiary alicyclic amines) is 1. The van der Waals surface area contributed by atoms with Gasteiger partial charge in [-0.15, -0.1) is 0 Å². The van der Waals surface area contributed by atoms with Gasteiger partial charge in [0.05, 0.1) is 0 Å². The minimum Gasteiger partial charge on any atom is -0.330 e. The summed E-state index contributed by atoms with van der Waals surface area (Å²) in [5.74, 6) is 1.89. The van der Waals surface area contributed by atoms with Crippen LogP contribution >= 0.6 is 0 Å². The molecule has 2 atom stereocenters. The van der Waals surface area contributed by atoms with Crippen LogP contribution in [-0.4, -0.2) is 41.5 Å². The van der Waals surface area contributed by atoms with Crippen molar-refractivity contribution in [2.75, 3.05) is 26.7 Å². The lowest BCUT2D eigenvalue weighted by molar-refractivity contribution is 0.410. The molecular formula is C14H24N4. The summed E-state index contributed by atoms with van der Waals surface area (Å²) in [6, 6.07) is 2.14. The Morgan fingerprint density at radius 3 is 2.89 bits per heavy atom. The van der Waals surface area contributed by atoms with Crippen molar-refractivity contribution in [3.05, 3.63) is 23.3 Å². The Morgan fingerprint density at radius 1 is 1.50 bits per heavy atom. The molecule has 1 fully saturated rings. The first-order chi connectivity index (χ1) is 8.60. The summed E-state index contributed by atoms with van der Waals surface area (Å²) in [5.41, 5.74) is 7.91. The lowest BCUT2D eigenvalue weighted by atomic mass is 10.0. The molecule has 2 heterocycles. The Morgan fingerprint density at radius 2 is 2.28 bits per heavy atom. The van der Waals surface area contributed by atoms with E-state index in [4.69, 9.17) is 10.7 Å². The topological polar surface area (TPSA) is 55.0 Å². The highest BCUT2D eigenvalue weighted by Crippen LogP contribution is 2.26. The Labute approximate surface area is 110 Å². The molecule has 0 saturated carbocycles. The Bertz CT molecular complexity index is 405. The largest absolute Gasteiger partial charge is 0.330 e. The standard InChI is InChI=1S/C14H24N4/c1-10(4-6-15)14-16-11(2)8-13(17-14)12-5-7-18(3)9-12/h8,10,12H,4-7,9,15H2,1-3H3. The molecule has 1 aliphatic rings. The summed E-state index contributed by atoms with van der Waals surface area (Å²) in [5, 5.41) is 0. The second-order valence-corrected chi connectivity index (χ2v) is 5.52. The Balaban J connectivity index is 2.21. The van der Waals surface area contributed by atoms with Crippen LogP contribution in [-0.2, 0) is 0 Å². The first-order valence-corrected chi connectivity index (χ1v) is 6.84. The fraction of sp³-hybridized carbons (Fsp3) is 0.714. The highest BCUT2D eigenvalue weighted by Gasteiger charge is 2.23. The highest BCUT2D eigenvalue weighted by molar-refractivity contribution is 5.17. The van der Waals surface area contributed by atoms with Crippen LogP contribution in [0.1, 0.15) is 48.8 Å². The van der Waals surface area contributed by atoms with Crippen LogP contribution in [0.25, 0.3) is 0 Å². The lowest BCUT2D eigenvalue weighted by Crippen LogP contribution is -2.15. The summed E-state index contributed by atoms with van der Waals surface area (Å²) < 4.78 is 0. The van der Waals surface area contributed by atoms with Gasteiger partial charge in [-0.3, -0.25) is 0 Å². The molecular weight excluding hydrogens is 224 g/mol. The molecule has 0 amide bonds. The normalized spacial score (nSPS) is 22.3. The molecule has 100 valence electrons. The van der Waals surface area contributed by atoms with Crippen molar-refractivity contribution in [2.24, 2.45) is 5.73 Å². The van der Waals surface area contributed by atoms with Crippen molar-refractivity contribution in [3.8, 4) is 0 Å². The van der Waals surface area contributed by atoms with Gasteiger partial charge in [-0.2, -0.15) is 0 Å². The van der Waals surface area contributed by atoms with E-state index in [-0.39, 0.29) is 0 Å². The molecule has 2 unspecified atom stereocenters. The zero-order valence-electron chi connectivity index (χ0n) is 11.7. The third-order valence-corrected chi connectivity index (χ3v) is 3.74. The predicted molar refractivity (Wildman–Crippen MR) is 73.7 cm³/mol. The number of hydrogen-bond acceptors (Lipinski definition) is 4. The molecule has 1 aliphatic heterocycles. The zero-order valence-corrected chi connectivity index (χ0v) is 11.7. The quantitative estimate of drug-likeness (QED) is 0.880. The number of rotatable bonds is 4. The van der Waals surface area contributed by atoms with Crippen molar-refractivity contribution < 1.29 is 0 Å². The average Bonchev–Trinajstić information content (AvgIpc) is 2.75. The van der Waals surface area contributed by atoms with Crippen molar-refractivity contribution in [1.82, 2.24) is 14.9 Å². The third-order valence-electron chi connectivity index (χ3n) is 3.74. The van der Waals surface area contributed by atoms with Crippen LogP contribution < -0.4 is 5.73 Å². The minimum absolute atomic E-state index is 0.354. The molecule has 4 heteroatoms. The maximum Gasteiger partial charge on any atom is 0.131 e. The Hall–Kier alpha value is -1.00. The van der Waals surface area contributed by atoms with E-state index < -0.39 is 0 Å².